The van der Waals surface area contributed by atoms with Gasteiger partial charge in [0.25, 0.3) is 0 Å². The van der Waals surface area contributed by atoms with Crippen LogP contribution in [-0.4, -0.2) is 34.9 Å². The average molecular weight is 331 g/mol. The Balaban J connectivity index is 2.46. The van der Waals surface area contributed by atoms with Crippen molar-refractivity contribution in [1.29, 1.82) is 0 Å². The minimum absolute atomic E-state index is 0.0200. The Morgan fingerprint density at radius 3 is 2.30 bits per heavy atom. The zero-order valence-corrected chi connectivity index (χ0v) is 13.2. The lowest BCUT2D eigenvalue weighted by atomic mass is 9.88. The fourth-order valence-corrected chi connectivity index (χ4v) is 2.21. The normalized spacial score (nSPS) is 15.4. The highest BCUT2D eigenvalue weighted by Gasteiger charge is 2.27. The maximum atomic E-state index is 13.0. The van der Waals surface area contributed by atoms with Gasteiger partial charge in [0.15, 0.2) is 0 Å². The van der Waals surface area contributed by atoms with E-state index in [9.17, 15) is 18.7 Å². The second-order valence-electron chi connectivity index (χ2n) is 5.95. The topological polar surface area (TPSA) is 92.8 Å². The molecule has 1 aromatic rings. The molecule has 3 unspecified atom stereocenters. The molecule has 0 radical (unpaired) electrons. The summed E-state index contributed by atoms with van der Waals surface area (Å²) in [7, 11) is 0. The van der Waals surface area contributed by atoms with Gasteiger partial charge >= 0.3 is 5.97 Å². The van der Waals surface area contributed by atoms with Crippen molar-refractivity contribution in [3.8, 4) is 0 Å². The molecule has 4 N–H and O–H groups in total. The fraction of sp³-hybridized carbons (Fsp3) is 0.562. The van der Waals surface area contributed by atoms with Gasteiger partial charge in [-0.3, -0.25) is 4.79 Å². The van der Waals surface area contributed by atoms with Gasteiger partial charge in [0.2, 0.25) is 0 Å². The molecule has 130 valence electrons. The van der Waals surface area contributed by atoms with Crippen LogP contribution < -0.4 is 5.73 Å². The van der Waals surface area contributed by atoms with Crippen LogP contribution in [-0.2, 0) is 16.1 Å². The van der Waals surface area contributed by atoms with Crippen LogP contribution >= 0.6 is 0 Å². The van der Waals surface area contributed by atoms with E-state index in [-0.39, 0.29) is 25.6 Å². The van der Waals surface area contributed by atoms with Gasteiger partial charge in [-0.1, -0.05) is 13.8 Å². The number of halogens is 2. The summed E-state index contributed by atoms with van der Waals surface area (Å²) in [5.74, 6) is -3.22. The van der Waals surface area contributed by atoms with Gasteiger partial charge in [-0.05, 0) is 30.0 Å². The van der Waals surface area contributed by atoms with E-state index in [1.807, 2.05) is 0 Å². The van der Waals surface area contributed by atoms with E-state index in [0.717, 1.165) is 18.2 Å². The maximum Gasteiger partial charge on any atom is 0.306 e. The van der Waals surface area contributed by atoms with Crippen molar-refractivity contribution in [2.24, 2.45) is 17.6 Å². The summed E-state index contributed by atoms with van der Waals surface area (Å²) in [4.78, 5) is 11.1. The van der Waals surface area contributed by atoms with E-state index in [1.54, 1.807) is 13.8 Å². The molecule has 0 aliphatic rings. The van der Waals surface area contributed by atoms with Gasteiger partial charge in [0, 0.05) is 6.07 Å². The predicted octanol–water partition coefficient (Wildman–Crippen LogP) is 1.92. The molecule has 0 aromatic heterocycles. The number of carboxylic acid groups (broad SMARTS) is 1. The number of hydrogen-bond acceptors (Lipinski definition) is 4. The molecule has 3 atom stereocenters. The first-order chi connectivity index (χ1) is 10.7. The molecule has 0 heterocycles. The van der Waals surface area contributed by atoms with E-state index in [0.29, 0.717) is 5.56 Å². The number of aliphatic hydroxyl groups excluding tert-OH is 1. The quantitative estimate of drug-likeness (QED) is 0.643. The minimum Gasteiger partial charge on any atom is -0.481 e. The molecule has 1 aromatic carbocycles. The highest BCUT2D eigenvalue weighted by atomic mass is 19.1. The first-order valence-corrected chi connectivity index (χ1v) is 7.39. The number of aliphatic hydroxyl groups is 1. The summed E-state index contributed by atoms with van der Waals surface area (Å²) in [6, 6.07) is 2.26. The third-order valence-corrected chi connectivity index (χ3v) is 3.61. The number of benzene rings is 1. The molecule has 5 nitrogen and oxygen atoms in total. The number of aliphatic carboxylic acids is 1. The lowest BCUT2D eigenvalue weighted by molar-refractivity contribution is -0.144. The summed E-state index contributed by atoms with van der Waals surface area (Å²) in [6.45, 7) is 3.41. The number of nitrogens with two attached hydrogens (primary N) is 1. The molecule has 0 amide bonds. The van der Waals surface area contributed by atoms with E-state index >= 15 is 0 Å². The van der Waals surface area contributed by atoms with Crippen molar-refractivity contribution >= 4 is 5.97 Å². The maximum absolute atomic E-state index is 13.0. The Morgan fingerprint density at radius 2 is 1.83 bits per heavy atom. The van der Waals surface area contributed by atoms with E-state index in [2.05, 4.69) is 0 Å². The summed E-state index contributed by atoms with van der Waals surface area (Å²) in [5, 5.41) is 19.1. The van der Waals surface area contributed by atoms with Crippen molar-refractivity contribution < 1.29 is 28.5 Å². The van der Waals surface area contributed by atoms with Crippen molar-refractivity contribution in [2.75, 3.05) is 6.61 Å². The number of rotatable bonds is 9. The molecule has 23 heavy (non-hydrogen) atoms. The van der Waals surface area contributed by atoms with Gasteiger partial charge < -0.3 is 20.7 Å². The van der Waals surface area contributed by atoms with Crippen LogP contribution in [0.25, 0.3) is 0 Å². The van der Waals surface area contributed by atoms with Crippen molar-refractivity contribution in [1.82, 2.24) is 0 Å². The first kappa shape index (κ1) is 19.5. The molecule has 0 aliphatic heterocycles. The molecule has 7 heteroatoms. The Hall–Kier alpha value is -1.57. The van der Waals surface area contributed by atoms with Crippen molar-refractivity contribution in [3.63, 3.8) is 0 Å². The molecule has 0 bridgehead atoms. The van der Waals surface area contributed by atoms with Crippen LogP contribution in [0.1, 0.15) is 25.8 Å². The molecular weight excluding hydrogens is 308 g/mol. The minimum atomic E-state index is -1.04. The van der Waals surface area contributed by atoms with Crippen LogP contribution in [0.3, 0.4) is 0 Å². The van der Waals surface area contributed by atoms with Gasteiger partial charge in [0.1, 0.15) is 11.6 Å². The van der Waals surface area contributed by atoms with Crippen LogP contribution in [0.5, 0.6) is 0 Å². The van der Waals surface area contributed by atoms with Crippen molar-refractivity contribution in [2.45, 2.75) is 39.0 Å². The molecule has 1 rings (SSSR count). The molecule has 0 saturated heterocycles. The summed E-state index contributed by atoms with van der Waals surface area (Å²) >= 11 is 0. The lowest BCUT2D eigenvalue weighted by Gasteiger charge is -2.24. The number of hydrogen-bond donors (Lipinski definition) is 3. The second kappa shape index (κ2) is 8.90. The van der Waals surface area contributed by atoms with Crippen LogP contribution in [0.15, 0.2) is 18.2 Å². The van der Waals surface area contributed by atoms with E-state index < -0.39 is 35.7 Å². The Bertz CT molecular complexity index is 505. The predicted molar refractivity (Wildman–Crippen MR) is 80.6 cm³/mol. The molecule has 0 aliphatic carbocycles. The number of carboxylic acids is 1. The number of carbonyl (C=O) groups is 1. The lowest BCUT2D eigenvalue weighted by Crippen LogP contribution is -2.41. The number of ether oxygens (including phenoxy) is 1. The molecular formula is C16H23F2NO4. The molecule has 0 fully saturated rings. The highest BCUT2D eigenvalue weighted by molar-refractivity contribution is 5.70. The van der Waals surface area contributed by atoms with Gasteiger partial charge in [-0.25, -0.2) is 8.78 Å². The van der Waals surface area contributed by atoms with Crippen LogP contribution in [0, 0.1) is 23.5 Å². The Kier molecular flexibility index (Phi) is 7.54. The standard InChI is InChI=1S/C16H23F2NO4/c1-9(2)13(16(21)22)6-15(20)14(19)8-23-7-10-3-11(17)5-12(18)4-10/h3-5,9,13-15,20H,6-8,19H2,1-2H3,(H,21,22). The largest absolute Gasteiger partial charge is 0.481 e. The monoisotopic (exact) mass is 331 g/mol. The molecule has 0 spiro atoms. The zero-order chi connectivity index (χ0) is 17.6. The van der Waals surface area contributed by atoms with Crippen molar-refractivity contribution in [3.05, 3.63) is 35.4 Å². The van der Waals surface area contributed by atoms with Crippen LogP contribution in [0.4, 0.5) is 8.78 Å². The zero-order valence-electron chi connectivity index (χ0n) is 13.2. The van der Waals surface area contributed by atoms with Gasteiger partial charge in [-0.2, -0.15) is 0 Å². The Morgan fingerprint density at radius 1 is 1.26 bits per heavy atom. The molecule has 0 saturated carbocycles. The fourth-order valence-electron chi connectivity index (χ4n) is 2.21. The second-order valence-corrected chi connectivity index (χ2v) is 5.95. The third-order valence-electron chi connectivity index (χ3n) is 3.61. The first-order valence-electron chi connectivity index (χ1n) is 7.39. The average Bonchev–Trinajstić information content (AvgIpc) is 2.42. The summed E-state index contributed by atoms with van der Waals surface area (Å²) in [5.41, 5.74) is 6.09. The SMILES string of the molecule is CC(C)C(CC(O)C(N)COCc1cc(F)cc(F)c1)C(=O)O. The third kappa shape index (κ3) is 6.60. The summed E-state index contributed by atoms with van der Waals surface area (Å²) < 4.78 is 31.3. The summed E-state index contributed by atoms with van der Waals surface area (Å²) in [6.07, 6.45) is -1.02. The van der Waals surface area contributed by atoms with E-state index in [4.69, 9.17) is 15.6 Å². The van der Waals surface area contributed by atoms with E-state index in [1.165, 1.54) is 0 Å². The Labute approximate surface area is 134 Å². The van der Waals surface area contributed by atoms with Gasteiger partial charge in [0.05, 0.1) is 31.3 Å². The highest BCUT2D eigenvalue weighted by Crippen LogP contribution is 2.19. The smallest absolute Gasteiger partial charge is 0.306 e. The van der Waals surface area contributed by atoms with Gasteiger partial charge in [-0.15, -0.1) is 0 Å². The van der Waals surface area contributed by atoms with Crippen LogP contribution in [0.2, 0.25) is 0 Å².